The van der Waals surface area contributed by atoms with Crippen molar-refractivity contribution in [1.82, 2.24) is 0 Å². The Morgan fingerprint density at radius 3 is 2.14 bits per heavy atom. The van der Waals surface area contributed by atoms with Crippen LogP contribution < -0.4 is 10.4 Å². The Labute approximate surface area is 118 Å². The highest BCUT2D eigenvalue weighted by atomic mass is 19.4. The first-order valence-corrected chi connectivity index (χ1v) is 5.94. The van der Waals surface area contributed by atoms with Gasteiger partial charge in [-0.1, -0.05) is 0 Å². The molecule has 0 aliphatic carbocycles. The predicted molar refractivity (Wildman–Crippen MR) is 58.6 cm³/mol. The molecular weight excluding hydrogens is 299 g/mol. The van der Waals surface area contributed by atoms with Gasteiger partial charge in [-0.2, -0.15) is 13.2 Å². The smallest absolute Gasteiger partial charge is 0.430 e. The van der Waals surface area contributed by atoms with E-state index in [4.69, 9.17) is 15.0 Å². The van der Waals surface area contributed by atoms with Crippen LogP contribution in [0.1, 0.15) is 19.8 Å². The SMILES string of the molecule is COC(=O)C1CC[C@@H]([C@@H](C)C(=O)O)[NH2+]1.O=C([O-])C(F)(F)F. The Bertz CT molecular complexity index is 398. The van der Waals surface area contributed by atoms with Gasteiger partial charge in [0.1, 0.15) is 11.9 Å². The van der Waals surface area contributed by atoms with Crippen molar-refractivity contribution in [3.63, 3.8) is 0 Å². The number of carboxylic acid groups (broad SMARTS) is 2. The topological polar surface area (TPSA) is 120 Å². The molecule has 0 radical (unpaired) electrons. The lowest BCUT2D eigenvalue weighted by atomic mass is 10.0. The van der Waals surface area contributed by atoms with Crippen LogP contribution in [0.2, 0.25) is 0 Å². The molecule has 1 saturated heterocycles. The standard InChI is InChI=1S/C9H15NO4.C2HF3O2/c1-5(8(11)12)6-3-4-7(10-6)9(13)14-2;3-2(4,5)1(6)7/h5-7,10H,3-4H2,1-2H3,(H,11,12);(H,6,7)/t5-,6+,7?;/m1./s1. The first-order chi connectivity index (χ1) is 9.50. The highest BCUT2D eigenvalue weighted by molar-refractivity contribution is 5.74. The van der Waals surface area contributed by atoms with Crippen LogP contribution in [0.3, 0.4) is 0 Å². The lowest BCUT2D eigenvalue weighted by Crippen LogP contribution is -2.94. The molecule has 1 heterocycles. The highest BCUT2D eigenvalue weighted by Gasteiger charge is 2.39. The molecule has 1 rings (SSSR count). The number of halogens is 3. The molecule has 0 bridgehead atoms. The maximum absolute atomic E-state index is 11.2. The lowest BCUT2D eigenvalue weighted by Gasteiger charge is -2.13. The molecule has 3 N–H and O–H groups in total. The summed E-state index contributed by atoms with van der Waals surface area (Å²) in [6.45, 7) is 1.67. The Kier molecular flexibility index (Phi) is 7.13. The van der Waals surface area contributed by atoms with Gasteiger partial charge in [0.15, 0.2) is 6.04 Å². The summed E-state index contributed by atoms with van der Waals surface area (Å²) in [7, 11) is 1.35. The second kappa shape index (κ2) is 7.81. The molecule has 122 valence electrons. The van der Waals surface area contributed by atoms with Gasteiger partial charge in [-0.05, 0) is 6.92 Å². The van der Waals surface area contributed by atoms with E-state index in [9.17, 15) is 22.8 Å². The van der Waals surface area contributed by atoms with Gasteiger partial charge in [0.05, 0.1) is 13.2 Å². The summed E-state index contributed by atoms with van der Waals surface area (Å²) in [5.74, 6) is -4.49. The number of ether oxygens (including phenoxy) is 1. The van der Waals surface area contributed by atoms with Crippen LogP contribution >= 0.6 is 0 Å². The maximum atomic E-state index is 11.2. The Hall–Kier alpha value is -1.84. The van der Waals surface area contributed by atoms with Crippen LogP contribution in [-0.4, -0.2) is 48.4 Å². The Morgan fingerprint density at radius 1 is 1.33 bits per heavy atom. The first kappa shape index (κ1) is 19.2. The fraction of sp³-hybridized carbons (Fsp3) is 0.727. The van der Waals surface area contributed by atoms with E-state index in [2.05, 4.69) is 4.74 Å². The molecule has 1 aliphatic heterocycles. The van der Waals surface area contributed by atoms with Crippen LogP contribution in [0.4, 0.5) is 13.2 Å². The molecule has 0 aromatic carbocycles. The minimum absolute atomic E-state index is 0.00315. The molecule has 1 unspecified atom stereocenters. The molecule has 0 saturated carbocycles. The quantitative estimate of drug-likeness (QED) is 0.597. The van der Waals surface area contributed by atoms with E-state index in [0.29, 0.717) is 6.42 Å². The average molecular weight is 315 g/mol. The van der Waals surface area contributed by atoms with Crippen molar-refractivity contribution >= 4 is 17.9 Å². The number of carboxylic acids is 2. The minimum Gasteiger partial charge on any atom is -0.542 e. The molecule has 0 aromatic rings. The summed E-state index contributed by atoms with van der Waals surface area (Å²) in [4.78, 5) is 30.6. The second-order valence-electron chi connectivity index (χ2n) is 4.48. The number of rotatable bonds is 3. The molecule has 1 fully saturated rings. The number of nitrogens with two attached hydrogens (primary N) is 1. The molecule has 0 amide bonds. The normalized spacial score (nSPS) is 22.7. The zero-order chi connectivity index (χ0) is 16.8. The van der Waals surface area contributed by atoms with Gasteiger partial charge in [-0.15, -0.1) is 0 Å². The molecule has 1 aliphatic rings. The van der Waals surface area contributed by atoms with E-state index >= 15 is 0 Å². The van der Waals surface area contributed by atoms with Gasteiger partial charge < -0.3 is 25.1 Å². The van der Waals surface area contributed by atoms with Gasteiger partial charge in [0.2, 0.25) is 0 Å². The van der Waals surface area contributed by atoms with Gasteiger partial charge >= 0.3 is 18.1 Å². The Balaban J connectivity index is 0.000000486. The molecule has 7 nitrogen and oxygen atoms in total. The number of methoxy groups -OCH3 is 1. The predicted octanol–water partition coefficient (Wildman–Crippen LogP) is -1.73. The third kappa shape index (κ3) is 6.43. The van der Waals surface area contributed by atoms with Gasteiger partial charge in [0.25, 0.3) is 0 Å². The summed E-state index contributed by atoms with van der Waals surface area (Å²) >= 11 is 0. The third-order valence-corrected chi connectivity index (χ3v) is 3.06. The van der Waals surface area contributed by atoms with Crippen molar-refractivity contribution < 1.29 is 47.8 Å². The third-order valence-electron chi connectivity index (χ3n) is 3.06. The van der Waals surface area contributed by atoms with Crippen molar-refractivity contribution in [2.75, 3.05) is 7.11 Å². The number of hydrogen-bond acceptors (Lipinski definition) is 5. The van der Waals surface area contributed by atoms with Gasteiger partial charge in [-0.3, -0.25) is 4.79 Å². The van der Waals surface area contributed by atoms with E-state index < -0.39 is 24.0 Å². The second-order valence-corrected chi connectivity index (χ2v) is 4.48. The number of hydrogen-bond donors (Lipinski definition) is 2. The van der Waals surface area contributed by atoms with Crippen LogP contribution in [0.5, 0.6) is 0 Å². The minimum atomic E-state index is -5.19. The van der Waals surface area contributed by atoms with Crippen molar-refractivity contribution in [3.8, 4) is 0 Å². The number of carbonyl (C=O) groups excluding carboxylic acids is 2. The largest absolute Gasteiger partial charge is 0.542 e. The Morgan fingerprint density at radius 2 is 1.81 bits per heavy atom. The maximum Gasteiger partial charge on any atom is 0.430 e. The molecule has 21 heavy (non-hydrogen) atoms. The van der Waals surface area contributed by atoms with Crippen LogP contribution in [0.25, 0.3) is 0 Å². The number of esters is 1. The average Bonchev–Trinajstić information content (AvgIpc) is 2.85. The van der Waals surface area contributed by atoms with Gasteiger partial charge in [0, 0.05) is 12.8 Å². The molecule has 3 atom stereocenters. The van der Waals surface area contributed by atoms with E-state index in [1.54, 1.807) is 6.92 Å². The van der Waals surface area contributed by atoms with E-state index in [1.807, 2.05) is 5.32 Å². The number of carbonyl (C=O) groups is 3. The van der Waals surface area contributed by atoms with E-state index in [-0.39, 0.29) is 18.1 Å². The fourth-order valence-corrected chi connectivity index (χ4v) is 1.81. The van der Waals surface area contributed by atoms with Crippen molar-refractivity contribution in [1.29, 1.82) is 0 Å². The van der Waals surface area contributed by atoms with Crippen LogP contribution in [0, 0.1) is 5.92 Å². The summed E-state index contributed by atoms with van der Waals surface area (Å²) in [5.41, 5.74) is 0. The van der Waals surface area contributed by atoms with Gasteiger partial charge in [-0.25, -0.2) is 4.79 Å². The first-order valence-electron chi connectivity index (χ1n) is 5.94. The molecule has 10 heteroatoms. The number of quaternary nitrogens is 1. The zero-order valence-electron chi connectivity index (χ0n) is 11.3. The van der Waals surface area contributed by atoms with Crippen LogP contribution in [0.15, 0.2) is 0 Å². The fourth-order valence-electron chi connectivity index (χ4n) is 1.81. The molecule has 0 aromatic heterocycles. The van der Waals surface area contributed by atoms with E-state index in [1.165, 1.54) is 7.11 Å². The summed E-state index contributed by atoms with van der Waals surface area (Å²) in [5, 5.41) is 19.4. The monoisotopic (exact) mass is 315 g/mol. The summed E-state index contributed by atoms with van der Waals surface area (Å²) in [6.07, 6.45) is -3.73. The number of aliphatic carboxylic acids is 2. The molecular formula is C11H16F3NO6. The summed E-state index contributed by atoms with van der Waals surface area (Å²) in [6, 6.07) is -0.219. The summed E-state index contributed by atoms with van der Waals surface area (Å²) < 4.78 is 36.2. The van der Waals surface area contributed by atoms with Crippen LogP contribution in [-0.2, 0) is 19.1 Å². The van der Waals surface area contributed by atoms with Crippen molar-refractivity contribution in [3.05, 3.63) is 0 Å². The zero-order valence-corrected chi connectivity index (χ0v) is 11.3. The van der Waals surface area contributed by atoms with Crippen molar-refractivity contribution in [2.45, 2.75) is 38.0 Å². The highest BCUT2D eigenvalue weighted by Crippen LogP contribution is 2.13. The molecule has 0 spiro atoms. The number of alkyl halides is 3. The lowest BCUT2D eigenvalue weighted by molar-refractivity contribution is -0.695. The van der Waals surface area contributed by atoms with E-state index in [0.717, 1.165) is 6.42 Å². The van der Waals surface area contributed by atoms with Crippen molar-refractivity contribution in [2.24, 2.45) is 5.92 Å².